The van der Waals surface area contributed by atoms with Gasteiger partial charge in [0.15, 0.2) is 0 Å². The number of halogens is 2. The van der Waals surface area contributed by atoms with E-state index in [1.54, 1.807) is 0 Å². The van der Waals surface area contributed by atoms with Crippen LogP contribution in [0.1, 0.15) is 26.2 Å². The van der Waals surface area contributed by atoms with Crippen LogP contribution in [0.3, 0.4) is 0 Å². The Morgan fingerprint density at radius 2 is 1.86 bits per heavy atom. The number of anilines is 1. The monoisotopic (exact) mass is 322 g/mol. The van der Waals surface area contributed by atoms with Gasteiger partial charge in [0.1, 0.15) is 16.5 Å². The Morgan fingerprint density at radius 3 is 2.52 bits per heavy atom. The number of rotatable bonds is 9. The summed E-state index contributed by atoms with van der Waals surface area (Å²) in [5.41, 5.74) is 4.84. The summed E-state index contributed by atoms with van der Waals surface area (Å²) in [6, 6.07) is 1.22. The maximum Gasteiger partial charge on any atom is 0.243 e. The molecule has 0 heterocycles. The molecule has 1 aromatic carbocycles. The predicted octanol–water partition coefficient (Wildman–Crippen LogP) is 2.03. The molecule has 0 aromatic heterocycles. The van der Waals surface area contributed by atoms with Crippen molar-refractivity contribution in [1.29, 1.82) is 0 Å². The lowest BCUT2D eigenvalue weighted by Crippen LogP contribution is -2.26. The molecule has 0 spiro atoms. The zero-order valence-electron chi connectivity index (χ0n) is 11.9. The van der Waals surface area contributed by atoms with Gasteiger partial charge >= 0.3 is 0 Å². The molecule has 0 radical (unpaired) electrons. The van der Waals surface area contributed by atoms with Gasteiger partial charge in [0.2, 0.25) is 10.0 Å². The average Bonchev–Trinajstić information content (AvgIpc) is 2.41. The fourth-order valence-electron chi connectivity index (χ4n) is 1.56. The Kier molecular flexibility index (Phi) is 7.00. The van der Waals surface area contributed by atoms with Gasteiger partial charge in [0, 0.05) is 25.8 Å². The van der Waals surface area contributed by atoms with Crippen LogP contribution in [0.15, 0.2) is 17.0 Å². The van der Waals surface area contributed by atoms with Crippen molar-refractivity contribution in [2.45, 2.75) is 31.1 Å². The molecule has 0 saturated heterocycles. The predicted molar refractivity (Wildman–Crippen MR) is 76.3 cm³/mol. The first kappa shape index (κ1) is 17.8. The third-order valence-corrected chi connectivity index (χ3v) is 4.22. The molecule has 0 aliphatic heterocycles. The summed E-state index contributed by atoms with van der Waals surface area (Å²) in [4.78, 5) is -0.659. The number of ether oxygens (including phenoxy) is 1. The van der Waals surface area contributed by atoms with Gasteiger partial charge in [-0.25, -0.2) is 21.9 Å². The van der Waals surface area contributed by atoms with Crippen molar-refractivity contribution < 1.29 is 21.9 Å². The zero-order valence-corrected chi connectivity index (χ0v) is 12.7. The van der Waals surface area contributed by atoms with Crippen LogP contribution < -0.4 is 10.5 Å². The molecule has 120 valence electrons. The van der Waals surface area contributed by atoms with Crippen molar-refractivity contribution in [2.75, 3.05) is 25.5 Å². The van der Waals surface area contributed by atoms with E-state index in [2.05, 4.69) is 4.72 Å². The van der Waals surface area contributed by atoms with Crippen LogP contribution in [0.4, 0.5) is 14.5 Å². The summed E-state index contributed by atoms with van der Waals surface area (Å²) >= 11 is 0. The van der Waals surface area contributed by atoms with E-state index in [0.717, 1.165) is 18.9 Å². The molecule has 1 aromatic rings. The summed E-state index contributed by atoms with van der Waals surface area (Å²) in [6.45, 7) is 3.19. The van der Waals surface area contributed by atoms with E-state index in [4.69, 9.17) is 10.5 Å². The highest BCUT2D eigenvalue weighted by molar-refractivity contribution is 7.89. The van der Waals surface area contributed by atoms with Gasteiger partial charge in [-0.3, -0.25) is 0 Å². The highest BCUT2D eigenvalue weighted by Gasteiger charge is 2.20. The van der Waals surface area contributed by atoms with E-state index in [0.29, 0.717) is 25.7 Å². The zero-order chi connectivity index (χ0) is 15.9. The van der Waals surface area contributed by atoms with Gasteiger partial charge < -0.3 is 10.5 Å². The molecule has 3 N–H and O–H groups in total. The van der Waals surface area contributed by atoms with Crippen molar-refractivity contribution in [3.8, 4) is 0 Å². The Bertz CT molecular complexity index is 565. The molecule has 0 aliphatic carbocycles. The van der Waals surface area contributed by atoms with E-state index in [1.165, 1.54) is 0 Å². The lowest BCUT2D eigenvalue weighted by molar-refractivity contribution is 0.130. The number of hydrogen-bond acceptors (Lipinski definition) is 4. The number of unbranched alkanes of at least 4 members (excludes halogenated alkanes) is 1. The maximum atomic E-state index is 13.5. The van der Waals surface area contributed by atoms with Crippen LogP contribution in [-0.4, -0.2) is 28.2 Å². The second kappa shape index (κ2) is 8.26. The van der Waals surface area contributed by atoms with Gasteiger partial charge in [-0.2, -0.15) is 0 Å². The number of nitrogen functional groups attached to an aromatic ring is 1. The first-order valence-corrected chi connectivity index (χ1v) is 8.18. The van der Waals surface area contributed by atoms with Gasteiger partial charge in [0.25, 0.3) is 0 Å². The topological polar surface area (TPSA) is 81.4 Å². The van der Waals surface area contributed by atoms with Crippen molar-refractivity contribution in [1.82, 2.24) is 4.72 Å². The number of nitrogens with one attached hydrogen (secondary N) is 1. The number of hydrogen-bond donors (Lipinski definition) is 2. The Morgan fingerprint density at radius 1 is 1.19 bits per heavy atom. The molecule has 0 bridgehead atoms. The molecular weight excluding hydrogens is 302 g/mol. The quantitative estimate of drug-likeness (QED) is 0.538. The van der Waals surface area contributed by atoms with Gasteiger partial charge in [-0.15, -0.1) is 0 Å². The van der Waals surface area contributed by atoms with Crippen LogP contribution in [-0.2, 0) is 14.8 Å². The molecule has 1 rings (SSSR count). The fraction of sp³-hybridized carbons (Fsp3) is 0.538. The lowest BCUT2D eigenvalue weighted by Gasteiger charge is -2.09. The van der Waals surface area contributed by atoms with E-state index in [-0.39, 0.29) is 6.54 Å². The number of sulfonamides is 1. The molecule has 0 saturated carbocycles. The van der Waals surface area contributed by atoms with Crippen molar-refractivity contribution >= 4 is 15.7 Å². The molecule has 8 heteroatoms. The molecule has 0 unspecified atom stereocenters. The average molecular weight is 322 g/mol. The molecule has 0 aliphatic rings. The molecule has 0 fully saturated rings. The summed E-state index contributed by atoms with van der Waals surface area (Å²) in [6.07, 6.45) is 2.44. The third-order valence-electron chi connectivity index (χ3n) is 2.74. The van der Waals surface area contributed by atoms with Crippen LogP contribution >= 0.6 is 0 Å². The van der Waals surface area contributed by atoms with E-state index in [9.17, 15) is 17.2 Å². The van der Waals surface area contributed by atoms with Crippen LogP contribution in [0.5, 0.6) is 0 Å². The second-order valence-electron chi connectivity index (χ2n) is 4.52. The van der Waals surface area contributed by atoms with E-state index in [1.807, 2.05) is 6.92 Å². The van der Waals surface area contributed by atoms with Crippen LogP contribution in [0.25, 0.3) is 0 Å². The van der Waals surface area contributed by atoms with Gasteiger partial charge in [0.05, 0.1) is 5.69 Å². The van der Waals surface area contributed by atoms with Crippen molar-refractivity contribution in [3.63, 3.8) is 0 Å². The molecule has 21 heavy (non-hydrogen) atoms. The lowest BCUT2D eigenvalue weighted by atomic mass is 10.3. The van der Waals surface area contributed by atoms with Crippen molar-refractivity contribution in [3.05, 3.63) is 23.8 Å². The molecule has 5 nitrogen and oxygen atoms in total. The number of nitrogens with two attached hydrogens (primary N) is 1. The minimum atomic E-state index is -4.05. The first-order chi connectivity index (χ1) is 9.88. The maximum absolute atomic E-state index is 13.5. The number of benzene rings is 1. The van der Waals surface area contributed by atoms with Crippen molar-refractivity contribution in [2.24, 2.45) is 0 Å². The van der Waals surface area contributed by atoms with Crippen LogP contribution in [0.2, 0.25) is 0 Å². The Labute approximate surface area is 123 Å². The van der Waals surface area contributed by atoms with Gasteiger partial charge in [-0.05, 0) is 18.9 Å². The smallest absolute Gasteiger partial charge is 0.243 e. The minimum absolute atomic E-state index is 0.102. The normalized spacial score (nSPS) is 11.8. The second-order valence-corrected chi connectivity index (χ2v) is 6.26. The van der Waals surface area contributed by atoms with Gasteiger partial charge in [-0.1, -0.05) is 13.3 Å². The van der Waals surface area contributed by atoms with E-state index >= 15 is 0 Å². The first-order valence-electron chi connectivity index (χ1n) is 6.70. The largest absolute Gasteiger partial charge is 0.396 e. The molecule has 0 amide bonds. The highest BCUT2D eigenvalue weighted by atomic mass is 32.2. The summed E-state index contributed by atoms with van der Waals surface area (Å²) in [7, 11) is -4.05. The Hall–Kier alpha value is -1.25. The van der Waals surface area contributed by atoms with Crippen LogP contribution in [0, 0.1) is 11.6 Å². The standard InChI is InChI=1S/C13H20F2N2O3S/c1-2-3-6-20-7-4-5-17-21(18,19)13-9-12(16)10(14)8-11(13)15/h8-9,17H,2-7,16H2,1H3. The van der Waals surface area contributed by atoms with E-state index < -0.39 is 32.2 Å². The Balaban J connectivity index is 2.53. The SMILES string of the molecule is CCCCOCCCNS(=O)(=O)c1cc(N)c(F)cc1F. The summed E-state index contributed by atoms with van der Waals surface area (Å²) < 4.78 is 57.8. The fourth-order valence-corrected chi connectivity index (χ4v) is 2.72. The summed E-state index contributed by atoms with van der Waals surface area (Å²) in [5.74, 6) is -2.16. The molecular formula is C13H20F2N2O3S. The minimum Gasteiger partial charge on any atom is -0.396 e. The summed E-state index contributed by atoms with van der Waals surface area (Å²) in [5, 5.41) is 0. The molecule has 0 atom stereocenters. The highest BCUT2D eigenvalue weighted by Crippen LogP contribution is 2.20. The third kappa shape index (κ3) is 5.56.